The minimum Gasteiger partial charge on any atom is -0.394 e. The van der Waals surface area contributed by atoms with Gasteiger partial charge in [-0.15, -0.1) is 0 Å². The smallest absolute Gasteiger partial charge is 0.220 e. The van der Waals surface area contributed by atoms with Gasteiger partial charge in [0.15, 0.2) is 6.29 Å². The molecular weight excluding hydrogens is 719 g/mol. The monoisotopic (exact) mass is 808 g/mol. The van der Waals surface area contributed by atoms with Crippen molar-refractivity contribution in [3.8, 4) is 0 Å². The molecule has 0 aromatic rings. The summed E-state index contributed by atoms with van der Waals surface area (Å²) in [7, 11) is 0. The highest BCUT2D eigenvalue weighted by Gasteiger charge is 2.44. The van der Waals surface area contributed by atoms with Gasteiger partial charge in [-0.25, -0.2) is 0 Å². The normalized spacial score (nSPS) is 21.3. The van der Waals surface area contributed by atoms with Crippen molar-refractivity contribution in [3.63, 3.8) is 0 Å². The third-order valence-electron chi connectivity index (χ3n) is 11.2. The Bertz CT molecular complexity index is 987. The van der Waals surface area contributed by atoms with Crippen molar-refractivity contribution in [1.29, 1.82) is 0 Å². The molecule has 7 unspecified atom stereocenters. The molecule has 6 N–H and O–H groups in total. The summed E-state index contributed by atoms with van der Waals surface area (Å²) in [6, 6.07) is -0.809. The summed E-state index contributed by atoms with van der Waals surface area (Å²) in [5.41, 5.74) is 0. The van der Waals surface area contributed by atoms with E-state index in [-0.39, 0.29) is 12.5 Å². The molecule has 0 saturated carbocycles. The Morgan fingerprint density at radius 2 is 1.02 bits per heavy atom. The number of carbonyl (C=O) groups excluding carboxylic acids is 1. The van der Waals surface area contributed by atoms with Crippen LogP contribution in [0.15, 0.2) is 36.5 Å². The van der Waals surface area contributed by atoms with Crippen molar-refractivity contribution < 1.29 is 39.8 Å². The van der Waals surface area contributed by atoms with Gasteiger partial charge in [-0.2, -0.15) is 0 Å². The first kappa shape index (κ1) is 53.4. The van der Waals surface area contributed by atoms with Crippen LogP contribution in [0, 0.1) is 0 Å². The molecule has 1 aliphatic heterocycles. The Labute approximate surface area is 349 Å². The van der Waals surface area contributed by atoms with Gasteiger partial charge in [0, 0.05) is 6.42 Å². The van der Waals surface area contributed by atoms with Crippen LogP contribution in [-0.2, 0) is 14.3 Å². The molecule has 1 aliphatic rings. The van der Waals surface area contributed by atoms with Crippen LogP contribution in [0.5, 0.6) is 0 Å². The molecule has 9 heteroatoms. The number of ether oxygens (including phenoxy) is 2. The van der Waals surface area contributed by atoms with E-state index in [1.807, 2.05) is 6.08 Å². The number of allylic oxidation sites excluding steroid dienone is 5. The Kier molecular flexibility index (Phi) is 36.2. The van der Waals surface area contributed by atoms with E-state index in [4.69, 9.17) is 9.47 Å². The molecule has 334 valence electrons. The van der Waals surface area contributed by atoms with Gasteiger partial charge < -0.3 is 40.3 Å². The van der Waals surface area contributed by atoms with Gasteiger partial charge in [-0.05, 0) is 44.9 Å². The zero-order valence-corrected chi connectivity index (χ0v) is 36.6. The molecule has 57 heavy (non-hydrogen) atoms. The van der Waals surface area contributed by atoms with Gasteiger partial charge in [0.1, 0.15) is 24.4 Å². The lowest BCUT2D eigenvalue weighted by atomic mass is 9.99. The van der Waals surface area contributed by atoms with E-state index in [1.54, 1.807) is 6.08 Å². The van der Waals surface area contributed by atoms with Crippen LogP contribution >= 0.6 is 0 Å². The van der Waals surface area contributed by atoms with Gasteiger partial charge >= 0.3 is 0 Å². The number of rotatable bonds is 39. The molecule has 1 fully saturated rings. The Morgan fingerprint density at radius 3 is 1.51 bits per heavy atom. The highest BCUT2D eigenvalue weighted by Crippen LogP contribution is 2.23. The number of hydrogen-bond donors (Lipinski definition) is 6. The second-order valence-electron chi connectivity index (χ2n) is 16.6. The van der Waals surface area contributed by atoms with E-state index in [0.717, 1.165) is 57.8 Å². The average molecular weight is 808 g/mol. The van der Waals surface area contributed by atoms with Crippen LogP contribution in [0.2, 0.25) is 0 Å². The first-order valence-corrected chi connectivity index (χ1v) is 23.7. The van der Waals surface area contributed by atoms with Crippen LogP contribution in [0.1, 0.15) is 206 Å². The number of carbonyl (C=O) groups is 1. The quantitative estimate of drug-likeness (QED) is 0.0204. The van der Waals surface area contributed by atoms with Crippen molar-refractivity contribution in [2.75, 3.05) is 13.2 Å². The fraction of sp³-hybridized carbons (Fsp3) is 0.854. The first-order valence-electron chi connectivity index (χ1n) is 23.7. The van der Waals surface area contributed by atoms with E-state index in [0.29, 0.717) is 6.42 Å². The van der Waals surface area contributed by atoms with Crippen LogP contribution in [-0.4, -0.2) is 87.5 Å². The molecule has 0 bridgehead atoms. The van der Waals surface area contributed by atoms with E-state index in [9.17, 15) is 30.3 Å². The number of aliphatic hydroxyl groups is 5. The number of hydrogen-bond acceptors (Lipinski definition) is 8. The zero-order valence-electron chi connectivity index (χ0n) is 36.6. The number of unbranched alkanes of at least 4 members (excludes halogenated alkanes) is 26. The third kappa shape index (κ3) is 29.3. The zero-order chi connectivity index (χ0) is 41.6. The standard InChI is InChI=1S/C48H89NO8/c1-3-5-7-9-11-13-15-17-19-20-21-22-24-25-27-29-31-33-35-37-42(51)41(40-56-48-47(55)46(54)45(53)43(39-50)57-48)49-44(52)38-36-34-32-30-28-26-23-18-16-14-12-10-8-6-4-2/h12,14,16,18,35,37,41-43,45-48,50-51,53-55H,3-11,13,15,17,19-34,36,38-40H2,1-2H3,(H,49,52)/b14-12-,18-16-,37-35+. The topological polar surface area (TPSA) is 149 Å². The van der Waals surface area contributed by atoms with Crippen molar-refractivity contribution >= 4 is 5.91 Å². The summed E-state index contributed by atoms with van der Waals surface area (Å²) in [5.74, 6) is -0.189. The number of aliphatic hydroxyl groups excluding tert-OH is 5. The van der Waals surface area contributed by atoms with Crippen LogP contribution in [0.3, 0.4) is 0 Å². The second-order valence-corrected chi connectivity index (χ2v) is 16.6. The Hall–Kier alpha value is -1.59. The summed E-state index contributed by atoms with van der Waals surface area (Å²) in [6.45, 7) is 3.74. The third-order valence-corrected chi connectivity index (χ3v) is 11.2. The maximum Gasteiger partial charge on any atom is 0.220 e. The highest BCUT2D eigenvalue weighted by atomic mass is 16.7. The average Bonchev–Trinajstić information content (AvgIpc) is 3.21. The predicted octanol–water partition coefficient (Wildman–Crippen LogP) is 10.1. The molecule has 0 spiro atoms. The Morgan fingerprint density at radius 1 is 0.596 bits per heavy atom. The second kappa shape index (κ2) is 38.6. The molecule has 9 nitrogen and oxygen atoms in total. The lowest BCUT2D eigenvalue weighted by Crippen LogP contribution is -2.60. The lowest BCUT2D eigenvalue weighted by molar-refractivity contribution is -0.302. The molecule has 0 radical (unpaired) electrons. The van der Waals surface area contributed by atoms with E-state index in [2.05, 4.69) is 43.5 Å². The molecule has 0 aromatic carbocycles. The summed E-state index contributed by atoms with van der Waals surface area (Å²) < 4.78 is 11.2. The lowest BCUT2D eigenvalue weighted by Gasteiger charge is -2.40. The van der Waals surface area contributed by atoms with E-state index >= 15 is 0 Å². The predicted molar refractivity (Wildman–Crippen MR) is 235 cm³/mol. The minimum atomic E-state index is -1.57. The molecule has 1 heterocycles. The van der Waals surface area contributed by atoms with Crippen molar-refractivity contribution in [2.24, 2.45) is 0 Å². The van der Waals surface area contributed by atoms with Crippen LogP contribution < -0.4 is 5.32 Å². The maximum absolute atomic E-state index is 12.9. The van der Waals surface area contributed by atoms with E-state index < -0.39 is 49.5 Å². The van der Waals surface area contributed by atoms with Crippen molar-refractivity contribution in [1.82, 2.24) is 5.32 Å². The minimum absolute atomic E-state index is 0.189. The summed E-state index contributed by atoms with van der Waals surface area (Å²) >= 11 is 0. The molecule has 0 aliphatic carbocycles. The van der Waals surface area contributed by atoms with Crippen LogP contribution in [0.25, 0.3) is 0 Å². The molecule has 7 atom stereocenters. The summed E-state index contributed by atoms with van der Waals surface area (Å²) in [6.07, 6.45) is 40.4. The summed E-state index contributed by atoms with van der Waals surface area (Å²) in [4.78, 5) is 12.9. The van der Waals surface area contributed by atoms with E-state index in [1.165, 1.54) is 128 Å². The number of nitrogens with one attached hydrogen (secondary N) is 1. The number of amides is 1. The summed E-state index contributed by atoms with van der Waals surface area (Å²) in [5, 5.41) is 54.2. The van der Waals surface area contributed by atoms with Crippen molar-refractivity contribution in [2.45, 2.75) is 249 Å². The molecule has 0 aromatic heterocycles. The van der Waals surface area contributed by atoms with Crippen LogP contribution in [0.4, 0.5) is 0 Å². The highest BCUT2D eigenvalue weighted by molar-refractivity contribution is 5.76. The van der Waals surface area contributed by atoms with Gasteiger partial charge in [-0.1, -0.05) is 192 Å². The fourth-order valence-electron chi connectivity index (χ4n) is 7.38. The maximum atomic E-state index is 12.9. The molecule has 1 rings (SSSR count). The molecule has 1 amide bonds. The fourth-order valence-corrected chi connectivity index (χ4v) is 7.38. The SMILES string of the molecule is CCCCC/C=C\C=C/CCCCCCCCC(=O)NC(COC1OC(CO)C(O)C(O)C1O)C(O)/C=C/CCCCCCCCCCCCCCCCCCC. The van der Waals surface area contributed by atoms with Gasteiger partial charge in [-0.3, -0.25) is 4.79 Å². The largest absolute Gasteiger partial charge is 0.394 e. The van der Waals surface area contributed by atoms with Gasteiger partial charge in [0.05, 0.1) is 25.4 Å². The van der Waals surface area contributed by atoms with Crippen molar-refractivity contribution in [3.05, 3.63) is 36.5 Å². The van der Waals surface area contributed by atoms with Gasteiger partial charge in [0.25, 0.3) is 0 Å². The molecular formula is C48H89NO8. The Balaban J connectivity index is 2.35. The molecule has 1 saturated heterocycles. The first-order chi connectivity index (χ1) is 27.8. The van der Waals surface area contributed by atoms with Gasteiger partial charge in [0.2, 0.25) is 5.91 Å².